The second-order valence-electron chi connectivity index (χ2n) is 37.9. The number of benzene rings is 13. The van der Waals surface area contributed by atoms with Gasteiger partial charge in [0.1, 0.15) is 23.0 Å². The van der Waals surface area contributed by atoms with Crippen LogP contribution in [0, 0.1) is 6.85 Å². The van der Waals surface area contributed by atoms with Crippen LogP contribution in [-0.2, 0) is 64.4 Å². The summed E-state index contributed by atoms with van der Waals surface area (Å²) in [5, 5.41) is 9.90. The molecule has 0 bridgehead atoms. The Morgan fingerprint density at radius 3 is 1.33 bits per heavy atom. The van der Waals surface area contributed by atoms with E-state index in [0.717, 1.165) is 95.2 Å². The van der Waals surface area contributed by atoms with Gasteiger partial charge in [-0.3, -0.25) is 0 Å². The van der Waals surface area contributed by atoms with Crippen LogP contribution in [0.4, 0.5) is 0 Å². The highest BCUT2D eigenvalue weighted by molar-refractivity contribution is 7.27. The Labute approximate surface area is 741 Å². The van der Waals surface area contributed by atoms with Crippen LogP contribution < -0.4 is 25.9 Å². The molecule has 2 nitrogen and oxygen atoms in total. The van der Waals surface area contributed by atoms with Crippen molar-refractivity contribution in [3.8, 4) is 34.1 Å². The van der Waals surface area contributed by atoms with E-state index in [2.05, 4.69) is 313 Å². The maximum absolute atomic E-state index is 8.32. The van der Waals surface area contributed by atoms with Crippen molar-refractivity contribution in [2.24, 2.45) is 0 Å². The van der Waals surface area contributed by atoms with E-state index < -0.39 is 32.3 Å². The third kappa shape index (κ3) is 16.8. The summed E-state index contributed by atoms with van der Waals surface area (Å²) in [7, 11) is 0. The molecule has 2 aliphatic heterocycles. The van der Waals surface area contributed by atoms with Gasteiger partial charge in [0, 0.05) is 101 Å². The summed E-state index contributed by atoms with van der Waals surface area (Å²) in [5.74, 6) is 3.71. The van der Waals surface area contributed by atoms with Crippen molar-refractivity contribution in [2.75, 3.05) is 0 Å². The van der Waals surface area contributed by atoms with Crippen LogP contribution in [0.2, 0.25) is 0 Å². The van der Waals surface area contributed by atoms with E-state index in [1.807, 2.05) is 54.6 Å². The minimum Gasteiger partial charge on any atom is -0.458 e. The van der Waals surface area contributed by atoms with Gasteiger partial charge in [-0.05, 0) is 232 Å². The monoisotopic (exact) mass is 1650 g/mol. The number of para-hydroxylation sites is 2. The number of thiophene rings is 4. The third-order valence-corrected chi connectivity index (χ3v) is 27.9. The van der Waals surface area contributed by atoms with Gasteiger partial charge in [-0.1, -0.05) is 328 Å². The zero-order chi connectivity index (χ0) is 94.3. The van der Waals surface area contributed by atoms with E-state index >= 15 is 0 Å². The smallest absolute Gasteiger partial charge is 0.260 e. The van der Waals surface area contributed by atoms with Gasteiger partial charge in [-0.15, -0.1) is 45.3 Å². The number of rotatable bonds is 4. The lowest BCUT2D eigenvalue weighted by Gasteiger charge is -2.34. The largest absolute Gasteiger partial charge is 0.458 e. The lowest BCUT2D eigenvalue weighted by molar-refractivity contribution is 0.458. The molecule has 0 saturated heterocycles. The van der Waals surface area contributed by atoms with Crippen LogP contribution in [0.1, 0.15) is 240 Å². The van der Waals surface area contributed by atoms with Crippen molar-refractivity contribution in [3.63, 3.8) is 0 Å². The highest BCUT2D eigenvalue weighted by Crippen LogP contribution is 2.48. The molecule has 1 aliphatic carbocycles. The van der Waals surface area contributed by atoms with Gasteiger partial charge < -0.3 is 9.47 Å². The maximum atomic E-state index is 8.32. The minimum absolute atomic E-state index is 0.0294. The molecule has 0 unspecified atom stereocenters. The highest BCUT2D eigenvalue weighted by Gasteiger charge is 2.41. The van der Waals surface area contributed by atoms with Gasteiger partial charge in [0.25, 0.3) is 6.71 Å². The first-order valence-electron chi connectivity index (χ1n) is 47.3. The van der Waals surface area contributed by atoms with E-state index in [4.69, 9.17) is 24.6 Å². The van der Waals surface area contributed by atoms with E-state index in [0.29, 0.717) is 5.56 Å². The topological polar surface area (TPSA) is 18.5 Å². The van der Waals surface area contributed by atoms with Gasteiger partial charge >= 0.3 is 0 Å². The van der Waals surface area contributed by atoms with Crippen molar-refractivity contribution in [3.05, 3.63) is 315 Å². The van der Waals surface area contributed by atoms with Crippen LogP contribution >= 0.6 is 45.3 Å². The summed E-state index contributed by atoms with van der Waals surface area (Å²) in [5.41, 5.74) is 18.3. The fourth-order valence-electron chi connectivity index (χ4n) is 17.4. The molecular formula is C112H119BO2S4. The third-order valence-electron chi connectivity index (χ3n) is 23.2. The van der Waals surface area contributed by atoms with Crippen LogP contribution in [0.25, 0.3) is 91.8 Å². The normalized spacial score (nSPS) is 14.8. The van der Waals surface area contributed by atoms with Crippen molar-refractivity contribution in [1.82, 2.24) is 0 Å². The lowest BCUT2D eigenvalue weighted by atomic mass is 9.35. The summed E-state index contributed by atoms with van der Waals surface area (Å²) in [6.45, 7) is 43.5. The zero-order valence-electron chi connectivity index (χ0n) is 84.3. The van der Waals surface area contributed by atoms with Crippen LogP contribution in [0.15, 0.2) is 243 Å². The Bertz CT molecular complexity index is 6930. The van der Waals surface area contributed by atoms with Crippen molar-refractivity contribution in [1.29, 1.82) is 0 Å². The Morgan fingerprint density at radius 2 is 0.790 bits per heavy atom. The molecule has 0 saturated carbocycles. The molecule has 3 aliphatic rings. The van der Waals surface area contributed by atoms with E-state index in [1.165, 1.54) is 109 Å². The first kappa shape index (κ1) is 71.2. The molecular weight excluding hydrogens is 1520 g/mol. The molecule has 606 valence electrons. The first-order chi connectivity index (χ1) is 60.5. The molecule has 4 aromatic heterocycles. The van der Waals surface area contributed by atoms with Crippen LogP contribution in [0.3, 0.4) is 0 Å². The molecule has 0 radical (unpaired) electrons. The number of hydrogen-bond acceptors (Lipinski definition) is 6. The molecule has 0 atom stereocenters. The molecule has 20 rings (SSSR count). The molecule has 13 aromatic carbocycles. The van der Waals surface area contributed by atoms with Gasteiger partial charge in [-0.25, -0.2) is 0 Å². The van der Waals surface area contributed by atoms with E-state index in [1.54, 1.807) is 73.0 Å². The number of aryl methyl sites for hydroxylation is 5. The molecule has 6 heterocycles. The van der Waals surface area contributed by atoms with Gasteiger partial charge in [0.05, 0.1) is 0 Å². The molecule has 0 amide bonds. The van der Waals surface area contributed by atoms with Crippen molar-refractivity contribution >= 4 is 149 Å². The molecule has 0 N–H and O–H groups in total. The predicted molar refractivity (Wildman–Crippen MR) is 531 cm³/mol. The Morgan fingerprint density at radius 1 is 0.328 bits per heavy atom. The Kier molecular flexibility index (Phi) is 19.8. The van der Waals surface area contributed by atoms with Crippen molar-refractivity contribution in [2.45, 2.75) is 224 Å². The van der Waals surface area contributed by atoms with Gasteiger partial charge in [0.15, 0.2) is 0 Å². The molecule has 119 heavy (non-hydrogen) atoms. The van der Waals surface area contributed by atoms with Crippen molar-refractivity contribution < 1.29 is 24.6 Å². The summed E-state index contributed by atoms with van der Waals surface area (Å²) in [6.07, 6.45) is -4.43. The fraction of sp³-hybridized carbons (Fsp3) is 0.304. The summed E-state index contributed by atoms with van der Waals surface area (Å²) >= 11 is 7.02. The minimum atomic E-state index is -2.07. The standard InChI is InChI=1S/C22H19BO2.4C18H20S.C18H20/c1-22(2,3)14-12-19-21-20(13-14)25-18-11-7-5-9-16(18)23(21)15-8-4-6-10-17(15)24-19;1-5-12-10-17-14(11-15(12)18(2,3)4)13-8-6-7-9-16(13)19-17;1-5-12-15(18(2,3)4)11-10-14-13-8-6-7-9-16(13)19-17(12)14;1-5-12-10-11-14-13-8-6-7-9-15(13)19-17(14)16(12)18(2,3)4;1-5-12-10-11-15-16(17(12)18(2,3)4)13-8-6-7-9-14(13)19-15;1-12-9-16-14(11-17(12)18(2,3)4)10-13-7-5-6-8-15(13)16/h4-13H,1-3H3;4*6-11H,5H2,1-4H3;5-9,11H,10H2,1-4H3/i;4*5D2;1D3. The predicted octanol–water partition coefficient (Wildman–Crippen LogP) is 32.2. The van der Waals surface area contributed by atoms with E-state index in [9.17, 15) is 0 Å². The lowest BCUT2D eigenvalue weighted by Crippen LogP contribution is -2.57. The maximum Gasteiger partial charge on any atom is 0.260 e. The summed E-state index contributed by atoms with van der Waals surface area (Å²) < 4.78 is 112. The number of fused-ring (bicyclic) bond motifs is 19. The average molecular weight is 1650 g/mol. The Balaban J connectivity index is 0.000000120. The summed E-state index contributed by atoms with van der Waals surface area (Å²) in [6, 6.07) is 83.5. The number of ether oxygens (including phenoxy) is 2. The molecule has 17 aromatic rings. The fourth-order valence-corrected chi connectivity index (χ4v) is 22.4. The van der Waals surface area contributed by atoms with Crippen LogP contribution in [-0.4, -0.2) is 6.71 Å². The molecule has 0 spiro atoms. The van der Waals surface area contributed by atoms with Gasteiger partial charge in [0.2, 0.25) is 0 Å². The first-order valence-corrected chi connectivity index (χ1v) is 45.0. The molecule has 7 heteroatoms. The van der Waals surface area contributed by atoms with Crippen LogP contribution in [0.5, 0.6) is 23.0 Å². The number of hydrogen-bond donors (Lipinski definition) is 0. The molecule has 0 fully saturated rings. The zero-order valence-corrected chi connectivity index (χ0v) is 76.6. The quantitative estimate of drug-likeness (QED) is 0.164. The second-order valence-corrected chi connectivity index (χ2v) is 42.1. The Hall–Kier alpha value is -9.60. The average Bonchev–Trinajstić information content (AvgIpc) is 1.14. The SMILES string of the molecule is CC(C)(C)c1cc2c3c(c1)Oc1ccccc1B3c1ccccc1O2.[2H]C([2H])(C)c1c(C(C)(C)C)ccc2c1sc1ccccc12.[2H]C([2H])(C)c1cc2sc3ccccc3c2cc1C(C)(C)C.[2H]C([2H])(C)c1ccc2c(sc3ccccc32)c1C(C)(C)C.[2H]C([2H])(C)c1ccc2sc3ccccc3c2c1C(C)(C)C.[2H]C([2H])([2H])c1cc2c(cc1C(C)(C)C)Cc1ccccc1-2. The summed E-state index contributed by atoms with van der Waals surface area (Å²) in [4.78, 5) is 0. The van der Waals surface area contributed by atoms with E-state index in [-0.39, 0.29) is 39.2 Å². The second kappa shape index (κ2) is 33.1. The highest BCUT2D eigenvalue weighted by atomic mass is 32.1. The van der Waals surface area contributed by atoms with Gasteiger partial charge in [-0.2, -0.15) is 0 Å².